The molecule has 1 rings (SSSR count). The molecule has 1 aliphatic carbocycles. The Morgan fingerprint density at radius 2 is 2.00 bits per heavy atom. The van der Waals surface area contributed by atoms with Gasteiger partial charge < -0.3 is 9.47 Å². The summed E-state index contributed by atoms with van der Waals surface area (Å²) >= 11 is 2.10. The minimum absolute atomic E-state index is 0.0124. The van der Waals surface area contributed by atoms with Crippen molar-refractivity contribution in [2.24, 2.45) is 11.8 Å². The molecule has 0 fully saturated rings. The fourth-order valence-corrected chi connectivity index (χ4v) is 4.07. The average molecular weight is 516 g/mol. The van der Waals surface area contributed by atoms with Gasteiger partial charge in [0.2, 0.25) is 0 Å². The van der Waals surface area contributed by atoms with Crippen molar-refractivity contribution in [3.63, 3.8) is 0 Å². The maximum Gasteiger partial charge on any atom is 0.305 e. The van der Waals surface area contributed by atoms with Crippen LogP contribution in [0.25, 0.3) is 0 Å². The molecule has 6 heteroatoms. The molecule has 5 nitrogen and oxygen atoms in total. The number of ether oxygens (including phenoxy) is 2. The number of allylic oxidation sites excluding steroid dienone is 5. The van der Waals surface area contributed by atoms with Crippen LogP contribution in [0.3, 0.4) is 0 Å². The first kappa shape index (κ1) is 25.6. The lowest BCUT2D eigenvalue weighted by molar-refractivity contribution is -0.144. The van der Waals surface area contributed by atoms with Gasteiger partial charge in [-0.15, -0.1) is 0 Å². The summed E-state index contributed by atoms with van der Waals surface area (Å²) in [5.74, 6) is -0.429. The van der Waals surface area contributed by atoms with Gasteiger partial charge in [0.05, 0.1) is 10.7 Å². The van der Waals surface area contributed by atoms with Crippen LogP contribution in [0.4, 0.5) is 0 Å². The Kier molecular flexibility index (Phi) is 12.8. The largest absolute Gasteiger partial charge is 0.469 e. The van der Waals surface area contributed by atoms with E-state index in [1.54, 1.807) is 0 Å². The Labute approximate surface area is 188 Å². The minimum atomic E-state index is -0.282. The lowest BCUT2D eigenvalue weighted by Gasteiger charge is -2.16. The van der Waals surface area contributed by atoms with Gasteiger partial charge in [0.25, 0.3) is 0 Å². The van der Waals surface area contributed by atoms with E-state index in [-0.39, 0.29) is 35.7 Å². The molecule has 0 aliphatic heterocycles. The van der Waals surface area contributed by atoms with Crippen LogP contribution < -0.4 is 0 Å². The van der Waals surface area contributed by atoms with E-state index in [2.05, 4.69) is 34.3 Å². The van der Waals surface area contributed by atoms with E-state index in [0.717, 1.165) is 42.1 Å². The molecular formula is C23H33IO5. The number of esters is 2. The molecule has 1 aliphatic rings. The molecule has 3 atom stereocenters. The van der Waals surface area contributed by atoms with Gasteiger partial charge in [-0.2, -0.15) is 0 Å². The number of ketones is 1. The molecule has 0 bridgehead atoms. The van der Waals surface area contributed by atoms with Crippen molar-refractivity contribution in [1.82, 2.24) is 0 Å². The number of unbranched alkanes of at least 4 members (excludes halogenated alkanes) is 3. The van der Waals surface area contributed by atoms with Crippen molar-refractivity contribution in [1.29, 1.82) is 0 Å². The number of carbonyl (C=O) groups excluding carboxylic acids is 3. The third kappa shape index (κ3) is 10.2. The molecule has 29 heavy (non-hydrogen) atoms. The van der Waals surface area contributed by atoms with Gasteiger partial charge in [-0.25, -0.2) is 0 Å². The Hall–Kier alpha value is -1.44. The molecule has 0 N–H and O–H groups in total. The first-order valence-electron chi connectivity index (χ1n) is 10.4. The van der Waals surface area contributed by atoms with E-state index < -0.39 is 0 Å². The molecule has 0 aromatic heterocycles. The molecule has 0 aromatic rings. The fourth-order valence-electron chi connectivity index (χ4n) is 3.26. The SMILES string of the molecule is CCCCC[C@@H](/C=C/[C@H]1C=C(I)C(=O)[C@@H]1C/C=C\CCCC(=O)OC)OC(C)=O. The zero-order valence-corrected chi connectivity index (χ0v) is 19.9. The maximum atomic E-state index is 12.5. The highest BCUT2D eigenvalue weighted by Gasteiger charge is 2.32. The van der Waals surface area contributed by atoms with E-state index in [1.165, 1.54) is 14.0 Å². The second-order valence-corrected chi connectivity index (χ2v) is 8.43. The molecule has 0 saturated heterocycles. The van der Waals surface area contributed by atoms with E-state index in [9.17, 15) is 14.4 Å². The monoisotopic (exact) mass is 516 g/mol. The summed E-state index contributed by atoms with van der Waals surface area (Å²) in [7, 11) is 1.39. The number of halogens is 1. The van der Waals surface area contributed by atoms with Gasteiger partial charge in [0, 0.05) is 25.2 Å². The molecule has 162 valence electrons. The minimum Gasteiger partial charge on any atom is -0.469 e. The molecule has 0 saturated carbocycles. The summed E-state index contributed by atoms with van der Waals surface area (Å²) in [6, 6.07) is 0. The standard InChI is InChI=1S/C23H33IO5/c1-4-5-8-11-19(29-17(2)25)15-14-18-16-21(24)23(27)20(18)12-9-6-7-10-13-22(26)28-3/h6,9,14-16,18-20H,4-5,7-8,10-13H2,1-3H3/b9-6-,15-14+/t18-,19-,20+/m0/s1. The van der Waals surface area contributed by atoms with Crippen LogP contribution in [-0.4, -0.2) is 30.9 Å². The van der Waals surface area contributed by atoms with Crippen molar-refractivity contribution in [3.8, 4) is 0 Å². The Bertz CT molecular complexity index is 635. The van der Waals surface area contributed by atoms with Crippen molar-refractivity contribution < 1.29 is 23.9 Å². The number of hydrogen-bond acceptors (Lipinski definition) is 5. The fraction of sp³-hybridized carbons (Fsp3) is 0.609. The van der Waals surface area contributed by atoms with E-state index in [1.807, 2.05) is 30.4 Å². The third-order valence-electron chi connectivity index (χ3n) is 4.87. The topological polar surface area (TPSA) is 69.7 Å². The van der Waals surface area contributed by atoms with Crippen LogP contribution >= 0.6 is 22.6 Å². The van der Waals surface area contributed by atoms with Crippen molar-refractivity contribution in [2.75, 3.05) is 7.11 Å². The predicted octanol–water partition coefficient (Wildman–Crippen LogP) is 5.48. The lowest BCUT2D eigenvalue weighted by atomic mass is 9.90. The molecule has 0 aromatic carbocycles. The summed E-state index contributed by atoms with van der Waals surface area (Å²) in [6.45, 7) is 3.57. The normalized spacial score (nSPS) is 20.3. The average Bonchev–Trinajstić information content (AvgIpc) is 2.95. The molecule has 0 amide bonds. The highest BCUT2D eigenvalue weighted by atomic mass is 127. The van der Waals surface area contributed by atoms with Crippen LogP contribution in [0.5, 0.6) is 0 Å². The molecule has 0 spiro atoms. The smallest absolute Gasteiger partial charge is 0.305 e. The van der Waals surface area contributed by atoms with Crippen molar-refractivity contribution in [2.45, 2.75) is 71.3 Å². The highest BCUT2D eigenvalue weighted by Crippen LogP contribution is 2.34. The Morgan fingerprint density at radius 1 is 1.24 bits per heavy atom. The molecular weight excluding hydrogens is 483 g/mol. The van der Waals surface area contributed by atoms with Gasteiger partial charge in [-0.3, -0.25) is 14.4 Å². The Morgan fingerprint density at radius 3 is 2.66 bits per heavy atom. The summed E-state index contributed by atoms with van der Waals surface area (Å²) < 4.78 is 10.8. The van der Waals surface area contributed by atoms with Crippen molar-refractivity contribution in [3.05, 3.63) is 34.0 Å². The zero-order chi connectivity index (χ0) is 21.6. The second kappa shape index (κ2) is 14.5. The number of methoxy groups -OCH3 is 1. The maximum absolute atomic E-state index is 12.5. The number of rotatable bonds is 13. The number of carbonyl (C=O) groups is 3. The second-order valence-electron chi connectivity index (χ2n) is 7.27. The third-order valence-corrected chi connectivity index (χ3v) is 5.76. The van der Waals surface area contributed by atoms with Crippen LogP contribution in [0.1, 0.15) is 65.2 Å². The quantitative estimate of drug-likeness (QED) is 0.140. The molecule has 0 radical (unpaired) electrons. The van der Waals surface area contributed by atoms with Gasteiger partial charge in [0.1, 0.15) is 6.10 Å². The lowest BCUT2D eigenvalue weighted by Crippen LogP contribution is -2.17. The summed E-state index contributed by atoms with van der Waals surface area (Å²) in [4.78, 5) is 35.0. The van der Waals surface area contributed by atoms with E-state index in [0.29, 0.717) is 12.8 Å². The zero-order valence-electron chi connectivity index (χ0n) is 17.7. The molecule has 0 unspecified atom stereocenters. The van der Waals surface area contributed by atoms with Gasteiger partial charge in [-0.1, -0.05) is 44.1 Å². The predicted molar refractivity (Wildman–Crippen MR) is 123 cm³/mol. The number of hydrogen-bond donors (Lipinski definition) is 0. The van der Waals surface area contributed by atoms with Gasteiger partial charge in [0.15, 0.2) is 5.78 Å². The number of Topliss-reactive ketones (excluding diaryl/α,β-unsaturated/α-hetero) is 1. The Balaban J connectivity index is 2.63. The van der Waals surface area contributed by atoms with E-state index in [4.69, 9.17) is 4.74 Å². The van der Waals surface area contributed by atoms with E-state index >= 15 is 0 Å². The van der Waals surface area contributed by atoms with Crippen LogP contribution in [0.2, 0.25) is 0 Å². The highest BCUT2D eigenvalue weighted by molar-refractivity contribution is 14.1. The van der Waals surface area contributed by atoms with Crippen LogP contribution in [0.15, 0.2) is 34.0 Å². The summed E-state index contributed by atoms with van der Waals surface area (Å²) in [6.07, 6.45) is 16.4. The van der Waals surface area contributed by atoms with Gasteiger partial charge in [-0.05, 0) is 60.8 Å². The van der Waals surface area contributed by atoms with Crippen LogP contribution in [-0.2, 0) is 23.9 Å². The molecule has 0 heterocycles. The summed E-state index contributed by atoms with van der Waals surface area (Å²) in [5.41, 5.74) is 0. The first-order chi connectivity index (χ1) is 13.9. The van der Waals surface area contributed by atoms with Crippen molar-refractivity contribution >= 4 is 40.3 Å². The van der Waals surface area contributed by atoms with Gasteiger partial charge >= 0.3 is 11.9 Å². The summed E-state index contributed by atoms with van der Waals surface area (Å²) in [5, 5.41) is 0. The first-order valence-corrected chi connectivity index (χ1v) is 11.5. The van der Waals surface area contributed by atoms with Crippen LogP contribution in [0, 0.1) is 11.8 Å².